The maximum atomic E-state index is 9.50. The fourth-order valence-electron chi connectivity index (χ4n) is 1.17. The number of aromatic hydroxyl groups is 1. The first-order chi connectivity index (χ1) is 8.31. The molecule has 0 saturated heterocycles. The second kappa shape index (κ2) is 4.76. The number of H-pyrrole nitrogens is 1. The number of nitriles is 1. The van der Waals surface area contributed by atoms with Crippen LogP contribution in [0.3, 0.4) is 0 Å². The van der Waals surface area contributed by atoms with Crippen molar-refractivity contribution in [3.63, 3.8) is 0 Å². The third-order valence-corrected chi connectivity index (χ3v) is 1.98. The van der Waals surface area contributed by atoms with Gasteiger partial charge in [-0.15, -0.1) is 10.2 Å². The molecule has 0 spiro atoms. The Bertz CT molecular complexity index is 569. The Morgan fingerprint density at radius 1 is 1.47 bits per heavy atom. The Morgan fingerprint density at radius 3 is 2.94 bits per heavy atom. The molecule has 0 atom stereocenters. The molecular weight excluding hydrogens is 220 g/mol. The van der Waals surface area contributed by atoms with E-state index in [2.05, 4.69) is 25.9 Å². The van der Waals surface area contributed by atoms with Crippen LogP contribution in [0.4, 0.5) is 5.69 Å². The van der Waals surface area contributed by atoms with Gasteiger partial charge in [-0.05, 0) is 17.3 Å². The summed E-state index contributed by atoms with van der Waals surface area (Å²) in [5.41, 5.74) is 0.700. The molecule has 2 aromatic rings. The second-order valence-electron chi connectivity index (χ2n) is 3.07. The first kappa shape index (κ1) is 10.6. The van der Waals surface area contributed by atoms with E-state index in [4.69, 9.17) is 5.26 Å². The van der Waals surface area contributed by atoms with Crippen molar-refractivity contribution < 1.29 is 5.11 Å². The van der Waals surface area contributed by atoms with Crippen LogP contribution < -0.4 is 5.32 Å². The zero-order valence-corrected chi connectivity index (χ0v) is 8.62. The summed E-state index contributed by atoms with van der Waals surface area (Å²) in [5, 5.41) is 34.2. The van der Waals surface area contributed by atoms with E-state index in [1.807, 2.05) is 6.07 Å². The fraction of sp³-hybridized carbons (Fsp3) is 0. The van der Waals surface area contributed by atoms with Crippen LogP contribution in [0.5, 0.6) is 5.75 Å². The van der Waals surface area contributed by atoms with Crippen LogP contribution in [0.2, 0.25) is 0 Å². The summed E-state index contributed by atoms with van der Waals surface area (Å²) in [7, 11) is 0. The van der Waals surface area contributed by atoms with Crippen LogP contribution in [0, 0.1) is 11.3 Å². The van der Waals surface area contributed by atoms with Gasteiger partial charge in [-0.25, -0.2) is 0 Å². The van der Waals surface area contributed by atoms with Crippen LogP contribution in [-0.2, 0) is 0 Å². The monoisotopic (exact) mass is 228 g/mol. The Morgan fingerprint density at radius 2 is 2.29 bits per heavy atom. The molecule has 1 heterocycles. The lowest BCUT2D eigenvalue weighted by Gasteiger charge is -2.02. The molecule has 0 aliphatic rings. The number of nitrogens with one attached hydrogen (secondary N) is 2. The number of phenolic OH excluding ortho intramolecular Hbond substituents is 1. The topological polar surface area (TPSA) is 111 Å². The normalized spacial score (nSPS) is 10.9. The number of allylic oxidation sites excluding steroid dienone is 1. The largest absolute Gasteiger partial charge is 0.506 e. The smallest absolute Gasteiger partial charge is 0.216 e. The Balaban J connectivity index is 2.21. The molecule has 0 radical (unpaired) electrons. The first-order valence-electron chi connectivity index (χ1n) is 4.70. The van der Waals surface area contributed by atoms with Crippen molar-refractivity contribution in [2.75, 3.05) is 5.32 Å². The Labute approximate surface area is 96.4 Å². The molecule has 0 aliphatic heterocycles. The predicted octanol–water partition coefficient (Wildman–Crippen LogP) is 0.882. The number of anilines is 1. The van der Waals surface area contributed by atoms with Gasteiger partial charge in [0.2, 0.25) is 5.82 Å². The van der Waals surface area contributed by atoms with Crippen molar-refractivity contribution in [1.82, 2.24) is 20.6 Å². The van der Waals surface area contributed by atoms with Crippen molar-refractivity contribution >= 4 is 11.3 Å². The van der Waals surface area contributed by atoms with Crippen LogP contribution in [0.1, 0.15) is 5.82 Å². The number of aromatic nitrogens is 4. The zero-order valence-electron chi connectivity index (χ0n) is 8.62. The molecule has 0 aliphatic carbocycles. The van der Waals surface area contributed by atoms with E-state index < -0.39 is 0 Å². The number of para-hydroxylation sites is 2. The molecule has 7 nitrogen and oxygen atoms in total. The summed E-state index contributed by atoms with van der Waals surface area (Å²) in [6.45, 7) is 0. The van der Waals surface area contributed by atoms with Gasteiger partial charge >= 0.3 is 0 Å². The molecule has 1 aromatic carbocycles. The Hall–Kier alpha value is -2.88. The van der Waals surface area contributed by atoms with Gasteiger partial charge in [0, 0.05) is 6.20 Å². The molecule has 0 saturated carbocycles. The third kappa shape index (κ3) is 2.38. The van der Waals surface area contributed by atoms with Gasteiger partial charge in [-0.2, -0.15) is 10.5 Å². The molecule has 0 amide bonds. The van der Waals surface area contributed by atoms with Gasteiger partial charge in [0.1, 0.15) is 17.4 Å². The van der Waals surface area contributed by atoms with Crippen LogP contribution in [0.15, 0.2) is 30.5 Å². The van der Waals surface area contributed by atoms with Crippen LogP contribution in [0.25, 0.3) is 5.57 Å². The van der Waals surface area contributed by atoms with Crippen molar-refractivity contribution in [3.05, 3.63) is 36.3 Å². The highest BCUT2D eigenvalue weighted by atomic mass is 16.3. The number of hydrogen-bond donors (Lipinski definition) is 3. The van der Waals surface area contributed by atoms with Crippen molar-refractivity contribution in [2.45, 2.75) is 0 Å². The van der Waals surface area contributed by atoms with E-state index in [1.165, 1.54) is 12.3 Å². The molecule has 7 heteroatoms. The van der Waals surface area contributed by atoms with Crippen LogP contribution >= 0.6 is 0 Å². The standard InChI is InChI=1S/C10H8N6O/c11-5-7(10-13-15-16-14-10)6-12-8-3-1-2-4-9(8)17/h1-4,6,12,17H,(H,13,14,15,16). The average molecular weight is 228 g/mol. The van der Waals surface area contributed by atoms with Gasteiger partial charge in [0.15, 0.2) is 0 Å². The van der Waals surface area contributed by atoms with E-state index in [-0.39, 0.29) is 17.1 Å². The Kier molecular flexibility index (Phi) is 2.98. The van der Waals surface area contributed by atoms with Gasteiger partial charge in [-0.1, -0.05) is 12.1 Å². The van der Waals surface area contributed by atoms with E-state index in [9.17, 15) is 5.11 Å². The lowest BCUT2D eigenvalue weighted by Crippen LogP contribution is -1.93. The van der Waals surface area contributed by atoms with Gasteiger partial charge in [-0.3, -0.25) is 0 Å². The molecule has 84 valence electrons. The number of rotatable bonds is 3. The number of aromatic amines is 1. The lowest BCUT2D eigenvalue weighted by molar-refractivity contribution is 0.478. The van der Waals surface area contributed by atoms with Gasteiger partial charge in [0.25, 0.3) is 0 Å². The second-order valence-corrected chi connectivity index (χ2v) is 3.07. The summed E-state index contributed by atoms with van der Waals surface area (Å²) >= 11 is 0. The lowest BCUT2D eigenvalue weighted by atomic mass is 10.2. The molecule has 2 rings (SSSR count). The van der Waals surface area contributed by atoms with E-state index >= 15 is 0 Å². The average Bonchev–Trinajstić information content (AvgIpc) is 2.86. The van der Waals surface area contributed by atoms with Crippen molar-refractivity contribution in [2.24, 2.45) is 0 Å². The quantitative estimate of drug-likeness (QED) is 0.531. The molecule has 17 heavy (non-hydrogen) atoms. The molecule has 1 aromatic heterocycles. The number of tetrazole rings is 1. The fourth-order valence-corrected chi connectivity index (χ4v) is 1.17. The van der Waals surface area contributed by atoms with E-state index in [0.717, 1.165) is 0 Å². The maximum Gasteiger partial charge on any atom is 0.216 e. The third-order valence-electron chi connectivity index (χ3n) is 1.98. The number of phenols is 1. The molecule has 0 unspecified atom stereocenters. The first-order valence-corrected chi connectivity index (χ1v) is 4.70. The predicted molar refractivity (Wildman–Crippen MR) is 59.5 cm³/mol. The van der Waals surface area contributed by atoms with Gasteiger partial charge < -0.3 is 10.4 Å². The SMILES string of the molecule is N#CC(=CNc1ccccc1O)c1nn[nH]n1. The highest BCUT2D eigenvalue weighted by Gasteiger charge is 2.05. The van der Waals surface area contributed by atoms with E-state index in [1.54, 1.807) is 18.2 Å². The highest BCUT2D eigenvalue weighted by molar-refractivity contribution is 5.74. The van der Waals surface area contributed by atoms with Crippen LogP contribution in [-0.4, -0.2) is 25.7 Å². The maximum absolute atomic E-state index is 9.50. The molecule has 3 N–H and O–H groups in total. The minimum atomic E-state index is 0.0918. The van der Waals surface area contributed by atoms with Crippen molar-refractivity contribution in [3.8, 4) is 11.8 Å². The van der Waals surface area contributed by atoms with Gasteiger partial charge in [0.05, 0.1) is 5.69 Å². The zero-order chi connectivity index (χ0) is 12.1. The summed E-state index contributed by atoms with van der Waals surface area (Å²) in [4.78, 5) is 0. The summed E-state index contributed by atoms with van der Waals surface area (Å²) < 4.78 is 0. The van der Waals surface area contributed by atoms with E-state index in [0.29, 0.717) is 5.69 Å². The number of nitrogens with zero attached hydrogens (tertiary/aromatic N) is 4. The number of benzene rings is 1. The summed E-state index contributed by atoms with van der Waals surface area (Å²) in [6.07, 6.45) is 1.40. The molecule has 0 bridgehead atoms. The summed E-state index contributed by atoms with van der Waals surface area (Å²) in [5.74, 6) is 0.282. The minimum absolute atomic E-state index is 0.0918. The molecule has 0 fully saturated rings. The highest BCUT2D eigenvalue weighted by Crippen LogP contribution is 2.22. The summed E-state index contributed by atoms with van der Waals surface area (Å²) in [6, 6.07) is 8.61. The number of hydrogen-bond acceptors (Lipinski definition) is 6. The minimum Gasteiger partial charge on any atom is -0.506 e. The molecular formula is C10H8N6O. The van der Waals surface area contributed by atoms with Crippen molar-refractivity contribution in [1.29, 1.82) is 5.26 Å².